The van der Waals surface area contributed by atoms with Crippen LogP contribution < -0.4 is 16.2 Å². The fraction of sp³-hybridized carbons (Fsp3) is 0.0526. The molecule has 0 saturated heterocycles. The summed E-state index contributed by atoms with van der Waals surface area (Å²) in [6, 6.07) is 10.2. The van der Waals surface area contributed by atoms with Gasteiger partial charge in [-0.3, -0.25) is 4.79 Å². The quantitative estimate of drug-likeness (QED) is 0.481. The summed E-state index contributed by atoms with van der Waals surface area (Å²) in [5.74, 6) is -1.82. The van der Waals surface area contributed by atoms with E-state index in [0.29, 0.717) is 11.4 Å². The number of hydrogen-bond donors (Lipinski definition) is 3. The number of halogens is 1. The number of nitrogens with zero attached hydrogens (tertiary/aromatic N) is 3. The molecule has 0 unspecified atom stereocenters. The van der Waals surface area contributed by atoms with E-state index in [1.54, 1.807) is 24.3 Å². The summed E-state index contributed by atoms with van der Waals surface area (Å²) in [7, 11) is 1.49. The summed E-state index contributed by atoms with van der Waals surface area (Å²) >= 11 is 0. The summed E-state index contributed by atoms with van der Waals surface area (Å²) in [5, 5.41) is 9.65. The maximum Gasteiger partial charge on any atom is 0.332 e. The van der Waals surface area contributed by atoms with Gasteiger partial charge < -0.3 is 20.6 Å². The second-order valence-electron chi connectivity index (χ2n) is 6.09. The molecule has 9 nitrogen and oxygen atoms in total. The van der Waals surface area contributed by atoms with E-state index >= 15 is 0 Å². The van der Waals surface area contributed by atoms with Crippen LogP contribution in [0.25, 0.3) is 28.2 Å². The lowest BCUT2D eigenvalue weighted by Gasteiger charge is -2.08. The third kappa shape index (κ3) is 3.06. The largest absolute Gasteiger partial charge is 0.505 e. The maximum absolute atomic E-state index is 13.4. The molecule has 0 aliphatic rings. The number of phenols is 1. The minimum Gasteiger partial charge on any atom is -0.505 e. The Bertz CT molecular complexity index is 1330. The van der Waals surface area contributed by atoms with Gasteiger partial charge in [-0.05, 0) is 30.3 Å². The first-order chi connectivity index (χ1) is 13.9. The number of aromatic hydroxyl groups is 1. The summed E-state index contributed by atoms with van der Waals surface area (Å²) in [5.41, 5.74) is 5.47. The van der Waals surface area contributed by atoms with Crippen LogP contribution >= 0.6 is 0 Å². The summed E-state index contributed by atoms with van der Waals surface area (Å²) in [4.78, 5) is 35.6. The standard InChI is InChI=1S/C19H14FN5O4/c1-29-11-4-2-3-10(8-11)25-18-15(23-19(25)28)14(16(21)27)22-17(24-18)9-5-6-12(20)13(26)7-9/h2-8,26H,1H3,(H2,21,27)(H,23,28). The monoisotopic (exact) mass is 395 g/mol. The van der Waals surface area contributed by atoms with Crippen molar-refractivity contribution >= 4 is 17.1 Å². The molecule has 0 spiro atoms. The summed E-state index contributed by atoms with van der Waals surface area (Å²) in [6.07, 6.45) is 0. The minimum absolute atomic E-state index is 0.0164. The number of primary amides is 1. The molecule has 0 aliphatic heterocycles. The Morgan fingerprint density at radius 3 is 2.72 bits per heavy atom. The van der Waals surface area contributed by atoms with Gasteiger partial charge in [-0.2, -0.15) is 0 Å². The van der Waals surface area contributed by atoms with Gasteiger partial charge in [0.15, 0.2) is 28.7 Å². The van der Waals surface area contributed by atoms with E-state index in [0.717, 1.165) is 12.1 Å². The highest BCUT2D eigenvalue weighted by Gasteiger charge is 2.20. The number of amides is 1. The van der Waals surface area contributed by atoms with Crippen LogP contribution in [-0.2, 0) is 0 Å². The first-order valence-electron chi connectivity index (χ1n) is 8.35. The van der Waals surface area contributed by atoms with Crippen LogP contribution in [0.3, 0.4) is 0 Å². The molecular weight excluding hydrogens is 381 g/mol. The van der Waals surface area contributed by atoms with E-state index in [1.165, 1.54) is 17.7 Å². The van der Waals surface area contributed by atoms with E-state index in [9.17, 15) is 19.1 Å². The van der Waals surface area contributed by atoms with Gasteiger partial charge in [0.25, 0.3) is 5.91 Å². The fourth-order valence-electron chi connectivity index (χ4n) is 2.93. The number of carbonyl (C=O) groups is 1. The number of nitrogens with two attached hydrogens (primary N) is 1. The Hall–Kier alpha value is -4.21. The first kappa shape index (κ1) is 18.2. The smallest absolute Gasteiger partial charge is 0.332 e. The predicted octanol–water partition coefficient (Wildman–Crippen LogP) is 1.73. The Labute approximate surface area is 162 Å². The molecule has 4 aromatic rings. The number of benzene rings is 2. The molecule has 0 atom stereocenters. The number of rotatable bonds is 4. The lowest BCUT2D eigenvalue weighted by atomic mass is 10.2. The highest BCUT2D eigenvalue weighted by molar-refractivity contribution is 6.02. The molecule has 4 N–H and O–H groups in total. The number of imidazole rings is 1. The zero-order chi connectivity index (χ0) is 20.7. The van der Waals surface area contributed by atoms with Crippen LogP contribution in [0, 0.1) is 5.82 Å². The minimum atomic E-state index is -0.885. The second-order valence-corrected chi connectivity index (χ2v) is 6.09. The SMILES string of the molecule is COc1cccc(-n2c(=O)[nH]c3c(C(N)=O)nc(-c4ccc(F)c(O)c4)nc32)c1. The number of aromatic amines is 1. The normalized spacial score (nSPS) is 11.0. The van der Waals surface area contributed by atoms with Crippen LogP contribution in [0.5, 0.6) is 11.5 Å². The van der Waals surface area contributed by atoms with Crippen molar-refractivity contribution in [2.45, 2.75) is 0 Å². The van der Waals surface area contributed by atoms with Crippen LogP contribution in [0.15, 0.2) is 47.3 Å². The van der Waals surface area contributed by atoms with Gasteiger partial charge in [0.05, 0.1) is 12.8 Å². The zero-order valence-electron chi connectivity index (χ0n) is 15.0. The molecule has 2 heterocycles. The number of H-pyrrole nitrogens is 1. The Balaban J connectivity index is 2.04. The average Bonchev–Trinajstić information content (AvgIpc) is 3.04. The molecule has 0 radical (unpaired) electrons. The van der Waals surface area contributed by atoms with Crippen LogP contribution in [0.2, 0.25) is 0 Å². The zero-order valence-corrected chi connectivity index (χ0v) is 15.0. The van der Waals surface area contributed by atoms with Gasteiger partial charge in [-0.15, -0.1) is 0 Å². The van der Waals surface area contributed by atoms with Gasteiger partial charge in [0.1, 0.15) is 11.3 Å². The van der Waals surface area contributed by atoms with Gasteiger partial charge in [-0.1, -0.05) is 6.07 Å². The lowest BCUT2D eigenvalue weighted by molar-refractivity contribution is 0.0997. The number of aromatic nitrogens is 4. The molecule has 1 amide bonds. The van der Waals surface area contributed by atoms with Gasteiger partial charge in [-0.25, -0.2) is 23.7 Å². The van der Waals surface area contributed by atoms with Crippen molar-refractivity contribution in [1.29, 1.82) is 0 Å². The van der Waals surface area contributed by atoms with E-state index in [2.05, 4.69) is 15.0 Å². The molecule has 10 heteroatoms. The number of ether oxygens (including phenoxy) is 1. The van der Waals surface area contributed by atoms with Gasteiger partial charge >= 0.3 is 5.69 Å². The Morgan fingerprint density at radius 2 is 2.03 bits per heavy atom. The second kappa shape index (κ2) is 6.75. The predicted molar refractivity (Wildman–Crippen MR) is 102 cm³/mol. The van der Waals surface area contributed by atoms with E-state index in [1.807, 2.05) is 0 Å². The number of methoxy groups -OCH3 is 1. The van der Waals surface area contributed by atoms with Crippen molar-refractivity contribution in [2.24, 2.45) is 5.73 Å². The Kier molecular flexibility index (Phi) is 4.23. The molecule has 29 heavy (non-hydrogen) atoms. The third-order valence-electron chi connectivity index (χ3n) is 4.29. The van der Waals surface area contributed by atoms with Crippen molar-refractivity contribution in [3.8, 4) is 28.6 Å². The van der Waals surface area contributed by atoms with E-state index in [4.69, 9.17) is 10.5 Å². The fourth-order valence-corrected chi connectivity index (χ4v) is 2.93. The molecule has 4 rings (SSSR count). The van der Waals surface area contributed by atoms with Gasteiger partial charge in [0.2, 0.25) is 0 Å². The van der Waals surface area contributed by atoms with E-state index < -0.39 is 23.2 Å². The summed E-state index contributed by atoms with van der Waals surface area (Å²) in [6.45, 7) is 0. The highest BCUT2D eigenvalue weighted by Crippen LogP contribution is 2.26. The topological polar surface area (TPSA) is 136 Å². The van der Waals surface area contributed by atoms with Crippen LogP contribution in [0.1, 0.15) is 10.5 Å². The molecule has 0 fully saturated rings. The van der Waals surface area contributed by atoms with Crippen molar-refractivity contribution in [3.05, 3.63) is 64.5 Å². The lowest BCUT2D eigenvalue weighted by Crippen LogP contribution is -2.15. The first-order valence-corrected chi connectivity index (χ1v) is 8.35. The molecule has 2 aromatic heterocycles. The summed E-state index contributed by atoms with van der Waals surface area (Å²) < 4.78 is 19.8. The molecule has 2 aromatic carbocycles. The molecular formula is C19H14FN5O4. The number of phenolic OH excluding ortho intramolecular Hbond substituents is 1. The molecule has 146 valence electrons. The van der Waals surface area contributed by atoms with Crippen molar-refractivity contribution in [2.75, 3.05) is 7.11 Å². The van der Waals surface area contributed by atoms with Crippen molar-refractivity contribution in [3.63, 3.8) is 0 Å². The number of nitrogens with one attached hydrogen (secondary N) is 1. The average molecular weight is 395 g/mol. The van der Waals surface area contributed by atoms with Crippen molar-refractivity contribution < 1.29 is 19.0 Å². The molecule has 0 saturated carbocycles. The number of carbonyl (C=O) groups excluding carboxylic acids is 1. The van der Waals surface area contributed by atoms with Crippen molar-refractivity contribution in [1.82, 2.24) is 19.5 Å². The number of fused-ring (bicyclic) bond motifs is 1. The van der Waals surface area contributed by atoms with Gasteiger partial charge in [0, 0.05) is 11.6 Å². The molecule has 0 bridgehead atoms. The maximum atomic E-state index is 13.4. The van der Waals surface area contributed by atoms with Crippen LogP contribution in [-0.4, -0.2) is 37.6 Å². The van der Waals surface area contributed by atoms with Crippen LogP contribution in [0.4, 0.5) is 4.39 Å². The third-order valence-corrected chi connectivity index (χ3v) is 4.29. The Morgan fingerprint density at radius 1 is 1.24 bits per heavy atom. The molecule has 0 aliphatic carbocycles. The highest BCUT2D eigenvalue weighted by atomic mass is 19.1. The number of hydrogen-bond acceptors (Lipinski definition) is 6. The van der Waals surface area contributed by atoms with E-state index in [-0.39, 0.29) is 28.2 Å².